The maximum absolute atomic E-state index is 5.18. The number of rotatable bonds is 4. The maximum atomic E-state index is 5.18. The standard InChI is InChI=1S/C10H12BrNO/c1-3-6-12-9-7-8(11)4-5-10(9)13-2/h3-5,7,12H,1,6H2,2H3. The molecule has 0 aliphatic heterocycles. The van der Waals surface area contributed by atoms with E-state index in [1.165, 1.54) is 0 Å². The monoisotopic (exact) mass is 241 g/mol. The zero-order valence-electron chi connectivity index (χ0n) is 7.51. The van der Waals surface area contributed by atoms with E-state index >= 15 is 0 Å². The van der Waals surface area contributed by atoms with Crippen molar-refractivity contribution in [2.45, 2.75) is 0 Å². The molecule has 0 bridgehead atoms. The van der Waals surface area contributed by atoms with Crippen LogP contribution in [0.4, 0.5) is 5.69 Å². The Morgan fingerprint density at radius 2 is 2.38 bits per heavy atom. The van der Waals surface area contributed by atoms with Crippen molar-refractivity contribution in [2.75, 3.05) is 19.0 Å². The number of hydrogen-bond donors (Lipinski definition) is 1. The van der Waals surface area contributed by atoms with Crippen LogP contribution in [0.5, 0.6) is 5.75 Å². The van der Waals surface area contributed by atoms with E-state index in [1.54, 1.807) is 13.2 Å². The minimum absolute atomic E-state index is 0.729. The lowest BCUT2D eigenvalue weighted by molar-refractivity contribution is 0.416. The average molecular weight is 242 g/mol. The number of hydrogen-bond acceptors (Lipinski definition) is 2. The molecule has 0 amide bonds. The van der Waals surface area contributed by atoms with Crippen LogP contribution in [0.1, 0.15) is 0 Å². The summed E-state index contributed by atoms with van der Waals surface area (Å²) in [5.41, 5.74) is 0.969. The molecule has 1 aromatic rings. The van der Waals surface area contributed by atoms with Crippen LogP contribution in [-0.4, -0.2) is 13.7 Å². The van der Waals surface area contributed by atoms with Crippen molar-refractivity contribution in [3.63, 3.8) is 0 Å². The van der Waals surface area contributed by atoms with Gasteiger partial charge in [0, 0.05) is 11.0 Å². The lowest BCUT2D eigenvalue weighted by Crippen LogP contribution is -1.99. The first-order chi connectivity index (χ1) is 6.27. The van der Waals surface area contributed by atoms with Gasteiger partial charge in [0.15, 0.2) is 0 Å². The Balaban J connectivity index is 2.87. The molecule has 0 radical (unpaired) electrons. The highest BCUT2D eigenvalue weighted by atomic mass is 79.9. The Kier molecular flexibility index (Phi) is 3.83. The van der Waals surface area contributed by atoms with Crippen molar-refractivity contribution in [3.05, 3.63) is 35.3 Å². The summed E-state index contributed by atoms with van der Waals surface area (Å²) in [7, 11) is 1.66. The van der Waals surface area contributed by atoms with Gasteiger partial charge in [0.2, 0.25) is 0 Å². The summed E-state index contributed by atoms with van der Waals surface area (Å²) in [5.74, 6) is 0.838. The minimum Gasteiger partial charge on any atom is -0.495 e. The molecule has 0 spiro atoms. The average Bonchev–Trinajstić information content (AvgIpc) is 2.15. The van der Waals surface area contributed by atoms with Crippen LogP contribution in [0.25, 0.3) is 0 Å². The van der Waals surface area contributed by atoms with Crippen LogP contribution in [0.3, 0.4) is 0 Å². The number of methoxy groups -OCH3 is 1. The summed E-state index contributed by atoms with van der Waals surface area (Å²) in [5, 5.41) is 3.18. The van der Waals surface area contributed by atoms with Crippen LogP contribution in [0, 0.1) is 0 Å². The first kappa shape index (κ1) is 10.1. The second kappa shape index (κ2) is 4.92. The summed E-state index contributed by atoms with van der Waals surface area (Å²) in [6.07, 6.45) is 1.81. The Labute approximate surface area is 86.7 Å². The molecule has 0 unspecified atom stereocenters. The van der Waals surface area contributed by atoms with E-state index < -0.39 is 0 Å². The van der Waals surface area contributed by atoms with E-state index in [4.69, 9.17) is 4.74 Å². The van der Waals surface area contributed by atoms with E-state index in [-0.39, 0.29) is 0 Å². The summed E-state index contributed by atoms with van der Waals surface area (Å²) in [6, 6.07) is 5.83. The fourth-order valence-corrected chi connectivity index (χ4v) is 1.36. The van der Waals surface area contributed by atoms with Crippen LogP contribution >= 0.6 is 15.9 Å². The van der Waals surface area contributed by atoms with E-state index in [1.807, 2.05) is 18.2 Å². The number of benzene rings is 1. The Morgan fingerprint density at radius 3 is 3.00 bits per heavy atom. The summed E-state index contributed by atoms with van der Waals surface area (Å²) >= 11 is 3.40. The topological polar surface area (TPSA) is 21.3 Å². The van der Waals surface area contributed by atoms with E-state index in [2.05, 4.69) is 27.8 Å². The normalized spacial score (nSPS) is 9.38. The Bertz CT molecular complexity index is 299. The first-order valence-electron chi connectivity index (χ1n) is 3.96. The quantitative estimate of drug-likeness (QED) is 0.819. The van der Waals surface area contributed by atoms with Gasteiger partial charge in [-0.1, -0.05) is 22.0 Å². The van der Waals surface area contributed by atoms with Crippen LogP contribution < -0.4 is 10.1 Å². The largest absolute Gasteiger partial charge is 0.495 e. The molecule has 3 heteroatoms. The van der Waals surface area contributed by atoms with Gasteiger partial charge in [-0.3, -0.25) is 0 Å². The minimum atomic E-state index is 0.729. The highest BCUT2D eigenvalue weighted by Gasteiger charge is 2.00. The van der Waals surface area contributed by atoms with Gasteiger partial charge in [-0.15, -0.1) is 6.58 Å². The Hall–Kier alpha value is -0.960. The molecule has 0 heterocycles. The molecule has 0 saturated heterocycles. The van der Waals surface area contributed by atoms with Gasteiger partial charge in [0.25, 0.3) is 0 Å². The lowest BCUT2D eigenvalue weighted by atomic mass is 10.3. The summed E-state index contributed by atoms with van der Waals surface area (Å²) in [4.78, 5) is 0. The fourth-order valence-electron chi connectivity index (χ4n) is 1.00. The first-order valence-corrected chi connectivity index (χ1v) is 4.75. The molecule has 13 heavy (non-hydrogen) atoms. The molecule has 0 fully saturated rings. The predicted octanol–water partition coefficient (Wildman–Crippen LogP) is 3.06. The highest BCUT2D eigenvalue weighted by molar-refractivity contribution is 9.10. The third kappa shape index (κ3) is 2.77. The summed E-state index contributed by atoms with van der Waals surface area (Å²) in [6.45, 7) is 4.37. The van der Waals surface area contributed by atoms with E-state index in [0.29, 0.717) is 0 Å². The van der Waals surface area contributed by atoms with Gasteiger partial charge >= 0.3 is 0 Å². The van der Waals surface area contributed by atoms with E-state index in [9.17, 15) is 0 Å². The van der Waals surface area contributed by atoms with Crippen LogP contribution in [0.15, 0.2) is 35.3 Å². The molecular formula is C10H12BrNO. The number of halogens is 1. The second-order valence-electron chi connectivity index (χ2n) is 2.51. The van der Waals surface area contributed by atoms with Crippen molar-refractivity contribution in [3.8, 4) is 5.75 Å². The van der Waals surface area contributed by atoms with E-state index in [0.717, 1.165) is 22.5 Å². The predicted molar refractivity (Wildman–Crippen MR) is 59.4 cm³/mol. The molecule has 2 nitrogen and oxygen atoms in total. The summed E-state index contributed by atoms with van der Waals surface area (Å²) < 4.78 is 6.21. The van der Waals surface area contributed by atoms with Crippen molar-refractivity contribution in [1.29, 1.82) is 0 Å². The zero-order chi connectivity index (χ0) is 9.68. The molecular weight excluding hydrogens is 230 g/mol. The van der Waals surface area contributed by atoms with Crippen LogP contribution in [-0.2, 0) is 0 Å². The molecule has 0 saturated carbocycles. The highest BCUT2D eigenvalue weighted by Crippen LogP contribution is 2.27. The third-order valence-electron chi connectivity index (χ3n) is 1.60. The van der Waals surface area contributed by atoms with Gasteiger partial charge in [-0.2, -0.15) is 0 Å². The molecule has 1 N–H and O–H groups in total. The molecule has 0 atom stereocenters. The van der Waals surface area contributed by atoms with Crippen LogP contribution in [0.2, 0.25) is 0 Å². The van der Waals surface area contributed by atoms with Gasteiger partial charge in [-0.25, -0.2) is 0 Å². The van der Waals surface area contributed by atoms with Crippen molar-refractivity contribution in [1.82, 2.24) is 0 Å². The number of anilines is 1. The zero-order valence-corrected chi connectivity index (χ0v) is 9.10. The molecule has 0 aliphatic carbocycles. The SMILES string of the molecule is C=CCNc1cc(Br)ccc1OC. The molecule has 0 aliphatic rings. The third-order valence-corrected chi connectivity index (χ3v) is 2.09. The second-order valence-corrected chi connectivity index (χ2v) is 3.43. The fraction of sp³-hybridized carbons (Fsp3) is 0.200. The molecule has 1 rings (SSSR count). The van der Waals surface area contributed by atoms with Gasteiger partial charge in [-0.05, 0) is 18.2 Å². The van der Waals surface area contributed by atoms with Gasteiger partial charge in [0.1, 0.15) is 5.75 Å². The van der Waals surface area contributed by atoms with Gasteiger partial charge < -0.3 is 10.1 Å². The maximum Gasteiger partial charge on any atom is 0.142 e. The molecule has 1 aromatic carbocycles. The van der Waals surface area contributed by atoms with Crippen molar-refractivity contribution >= 4 is 21.6 Å². The van der Waals surface area contributed by atoms with Crippen molar-refractivity contribution < 1.29 is 4.74 Å². The molecule has 0 aromatic heterocycles. The molecule has 70 valence electrons. The van der Waals surface area contributed by atoms with Gasteiger partial charge in [0.05, 0.1) is 12.8 Å². The number of ether oxygens (including phenoxy) is 1. The Morgan fingerprint density at radius 1 is 1.62 bits per heavy atom. The van der Waals surface area contributed by atoms with Crippen molar-refractivity contribution in [2.24, 2.45) is 0 Å². The smallest absolute Gasteiger partial charge is 0.142 e. The number of nitrogens with one attached hydrogen (secondary N) is 1. The lowest BCUT2D eigenvalue weighted by Gasteiger charge is -2.09.